The van der Waals surface area contributed by atoms with Crippen LogP contribution in [-0.2, 0) is 4.79 Å². The lowest BCUT2D eigenvalue weighted by Crippen LogP contribution is -2.35. The third kappa shape index (κ3) is 2.73. The molecule has 3 nitrogen and oxygen atoms in total. The van der Waals surface area contributed by atoms with Gasteiger partial charge in [0.25, 0.3) is 0 Å². The SMILES string of the molecule is CC[C@@H](N)C(=O)Nc1cc(F)cc(F)c1F. The zero-order valence-corrected chi connectivity index (χ0v) is 8.56. The Morgan fingerprint density at radius 1 is 1.44 bits per heavy atom. The Morgan fingerprint density at radius 3 is 2.62 bits per heavy atom. The molecule has 6 heteroatoms. The summed E-state index contributed by atoms with van der Waals surface area (Å²) in [6.07, 6.45) is 0.339. The normalized spacial score (nSPS) is 12.3. The molecule has 1 atom stereocenters. The maximum Gasteiger partial charge on any atom is 0.241 e. The van der Waals surface area contributed by atoms with Crippen LogP contribution in [0.5, 0.6) is 0 Å². The van der Waals surface area contributed by atoms with Crippen LogP contribution in [0.15, 0.2) is 12.1 Å². The molecule has 1 aromatic carbocycles. The Kier molecular flexibility index (Phi) is 3.89. The number of carbonyl (C=O) groups excluding carboxylic acids is 1. The van der Waals surface area contributed by atoms with Gasteiger partial charge >= 0.3 is 0 Å². The topological polar surface area (TPSA) is 55.1 Å². The first-order chi connectivity index (χ1) is 7.45. The molecule has 0 aliphatic rings. The Labute approximate surface area is 90.4 Å². The molecular formula is C10H11F3N2O. The number of carbonyl (C=O) groups is 1. The largest absolute Gasteiger partial charge is 0.322 e. The maximum absolute atomic E-state index is 13.1. The number of hydrogen-bond acceptors (Lipinski definition) is 2. The first-order valence-corrected chi connectivity index (χ1v) is 4.66. The van der Waals surface area contributed by atoms with E-state index in [2.05, 4.69) is 0 Å². The van der Waals surface area contributed by atoms with Crippen molar-refractivity contribution in [3.8, 4) is 0 Å². The Bertz CT molecular complexity index is 409. The third-order valence-corrected chi connectivity index (χ3v) is 2.03. The summed E-state index contributed by atoms with van der Waals surface area (Å²) in [6, 6.07) is 0.245. The number of halogens is 3. The maximum atomic E-state index is 13.1. The van der Waals surface area contributed by atoms with Gasteiger partial charge in [-0.3, -0.25) is 4.79 Å². The molecule has 0 unspecified atom stereocenters. The summed E-state index contributed by atoms with van der Waals surface area (Å²) in [5.41, 5.74) is 4.82. The first-order valence-electron chi connectivity index (χ1n) is 4.66. The van der Waals surface area contributed by atoms with E-state index in [1.165, 1.54) is 0 Å². The number of benzene rings is 1. The first kappa shape index (κ1) is 12.5. The summed E-state index contributed by atoms with van der Waals surface area (Å²) in [4.78, 5) is 11.3. The van der Waals surface area contributed by atoms with Crippen LogP contribution in [0.1, 0.15) is 13.3 Å². The Morgan fingerprint density at radius 2 is 2.06 bits per heavy atom. The van der Waals surface area contributed by atoms with Crippen LogP contribution < -0.4 is 11.1 Å². The van der Waals surface area contributed by atoms with Gasteiger partial charge < -0.3 is 11.1 Å². The molecule has 16 heavy (non-hydrogen) atoms. The highest BCUT2D eigenvalue weighted by Crippen LogP contribution is 2.19. The molecule has 88 valence electrons. The molecule has 0 saturated carbocycles. The number of nitrogens with one attached hydrogen (secondary N) is 1. The molecule has 1 amide bonds. The lowest BCUT2D eigenvalue weighted by molar-refractivity contribution is -0.117. The van der Waals surface area contributed by atoms with Crippen molar-refractivity contribution in [3.05, 3.63) is 29.6 Å². The second kappa shape index (κ2) is 4.98. The molecule has 3 N–H and O–H groups in total. The zero-order chi connectivity index (χ0) is 12.3. The summed E-state index contributed by atoms with van der Waals surface area (Å²) >= 11 is 0. The lowest BCUT2D eigenvalue weighted by atomic mass is 10.2. The van der Waals surface area contributed by atoms with Gasteiger partial charge in [-0.15, -0.1) is 0 Å². The third-order valence-electron chi connectivity index (χ3n) is 2.03. The van der Waals surface area contributed by atoms with E-state index < -0.39 is 35.1 Å². The molecule has 0 saturated heterocycles. The number of rotatable bonds is 3. The van der Waals surface area contributed by atoms with Gasteiger partial charge in [0.05, 0.1) is 11.7 Å². The van der Waals surface area contributed by atoms with Crippen molar-refractivity contribution in [2.45, 2.75) is 19.4 Å². The minimum Gasteiger partial charge on any atom is -0.322 e. The molecule has 1 aromatic rings. The van der Waals surface area contributed by atoms with Gasteiger partial charge in [0.1, 0.15) is 5.82 Å². The quantitative estimate of drug-likeness (QED) is 0.780. The fourth-order valence-electron chi connectivity index (χ4n) is 1.06. The average molecular weight is 232 g/mol. The molecule has 0 fully saturated rings. The molecule has 0 spiro atoms. The van der Waals surface area contributed by atoms with Gasteiger partial charge in [0.2, 0.25) is 5.91 Å². The zero-order valence-electron chi connectivity index (χ0n) is 8.56. The highest BCUT2D eigenvalue weighted by Gasteiger charge is 2.16. The number of amides is 1. The van der Waals surface area contributed by atoms with E-state index in [0.717, 1.165) is 0 Å². The molecule has 0 bridgehead atoms. The fourth-order valence-corrected chi connectivity index (χ4v) is 1.06. The van der Waals surface area contributed by atoms with Crippen molar-refractivity contribution in [1.29, 1.82) is 0 Å². The lowest BCUT2D eigenvalue weighted by Gasteiger charge is -2.11. The summed E-state index contributed by atoms with van der Waals surface area (Å²) in [6.45, 7) is 1.66. The van der Waals surface area contributed by atoms with E-state index in [9.17, 15) is 18.0 Å². The van der Waals surface area contributed by atoms with Crippen LogP contribution in [0.2, 0.25) is 0 Å². The fraction of sp³-hybridized carbons (Fsp3) is 0.300. The van der Waals surface area contributed by atoms with E-state index in [1.54, 1.807) is 6.92 Å². The minimum absolute atomic E-state index is 0.339. The predicted molar refractivity (Wildman–Crippen MR) is 53.2 cm³/mol. The van der Waals surface area contributed by atoms with E-state index in [1.807, 2.05) is 5.32 Å². The molecule has 0 aliphatic heterocycles. The van der Waals surface area contributed by atoms with Crippen molar-refractivity contribution >= 4 is 11.6 Å². The van der Waals surface area contributed by atoms with Crippen LogP contribution in [0.3, 0.4) is 0 Å². The Balaban J connectivity index is 2.93. The minimum atomic E-state index is -1.36. The van der Waals surface area contributed by atoms with E-state index in [0.29, 0.717) is 18.6 Å². The summed E-state index contributed by atoms with van der Waals surface area (Å²) in [7, 11) is 0. The van der Waals surface area contributed by atoms with Crippen LogP contribution in [0.25, 0.3) is 0 Å². The van der Waals surface area contributed by atoms with Crippen molar-refractivity contribution in [2.75, 3.05) is 5.32 Å². The molecule has 0 heterocycles. The second-order valence-corrected chi connectivity index (χ2v) is 3.25. The smallest absolute Gasteiger partial charge is 0.241 e. The van der Waals surface area contributed by atoms with Gasteiger partial charge in [-0.2, -0.15) is 0 Å². The molecular weight excluding hydrogens is 221 g/mol. The van der Waals surface area contributed by atoms with Gasteiger partial charge in [0.15, 0.2) is 11.6 Å². The van der Waals surface area contributed by atoms with E-state index in [4.69, 9.17) is 5.73 Å². The van der Waals surface area contributed by atoms with E-state index >= 15 is 0 Å². The molecule has 0 radical (unpaired) electrons. The number of nitrogens with two attached hydrogens (primary N) is 1. The highest BCUT2D eigenvalue weighted by molar-refractivity contribution is 5.94. The second-order valence-electron chi connectivity index (χ2n) is 3.25. The monoisotopic (exact) mass is 232 g/mol. The summed E-state index contributed by atoms with van der Waals surface area (Å²) < 4.78 is 38.6. The van der Waals surface area contributed by atoms with Crippen LogP contribution in [-0.4, -0.2) is 11.9 Å². The van der Waals surface area contributed by atoms with Gasteiger partial charge in [-0.1, -0.05) is 6.92 Å². The molecule has 0 aromatic heterocycles. The van der Waals surface area contributed by atoms with Crippen molar-refractivity contribution < 1.29 is 18.0 Å². The summed E-state index contributed by atoms with van der Waals surface area (Å²) in [5.74, 6) is -4.33. The molecule has 1 rings (SSSR count). The highest BCUT2D eigenvalue weighted by atomic mass is 19.2. The van der Waals surface area contributed by atoms with E-state index in [-0.39, 0.29) is 0 Å². The predicted octanol–water partition coefficient (Wildman–Crippen LogP) is 1.78. The molecule has 0 aliphatic carbocycles. The Hall–Kier alpha value is -1.56. The average Bonchev–Trinajstić information content (AvgIpc) is 2.23. The number of hydrogen-bond donors (Lipinski definition) is 2. The number of anilines is 1. The van der Waals surface area contributed by atoms with Crippen LogP contribution in [0.4, 0.5) is 18.9 Å². The van der Waals surface area contributed by atoms with Crippen molar-refractivity contribution in [1.82, 2.24) is 0 Å². The summed E-state index contributed by atoms with van der Waals surface area (Å²) in [5, 5.41) is 2.02. The van der Waals surface area contributed by atoms with Crippen LogP contribution >= 0.6 is 0 Å². The van der Waals surface area contributed by atoms with Crippen LogP contribution in [0, 0.1) is 17.5 Å². The van der Waals surface area contributed by atoms with Crippen molar-refractivity contribution in [3.63, 3.8) is 0 Å². The standard InChI is InChI=1S/C10H11F3N2O/c1-2-7(14)10(16)15-8-4-5(11)3-6(12)9(8)13/h3-4,7H,2,14H2,1H3,(H,15,16)/t7-/m1/s1. The van der Waals surface area contributed by atoms with Gasteiger partial charge in [-0.25, -0.2) is 13.2 Å². The van der Waals surface area contributed by atoms with Crippen molar-refractivity contribution in [2.24, 2.45) is 5.73 Å². The van der Waals surface area contributed by atoms with Gasteiger partial charge in [0, 0.05) is 12.1 Å². The van der Waals surface area contributed by atoms with Gasteiger partial charge in [-0.05, 0) is 6.42 Å².